The van der Waals surface area contributed by atoms with E-state index in [0.29, 0.717) is 28.3 Å². The first kappa shape index (κ1) is 18.4. The summed E-state index contributed by atoms with van der Waals surface area (Å²) in [5.41, 5.74) is 1.36. The van der Waals surface area contributed by atoms with Crippen molar-refractivity contribution in [1.29, 1.82) is 0 Å². The van der Waals surface area contributed by atoms with E-state index in [4.69, 9.17) is 16.3 Å². The highest BCUT2D eigenvalue weighted by molar-refractivity contribution is 6.30. The second-order valence-electron chi connectivity index (χ2n) is 8.17. The summed E-state index contributed by atoms with van der Waals surface area (Å²) in [6, 6.07) is 13.6. The number of amides is 2. The third kappa shape index (κ3) is 3.14. The first-order valence-corrected chi connectivity index (χ1v) is 10.3. The monoisotopic (exact) mass is 409 g/mol. The van der Waals surface area contributed by atoms with Gasteiger partial charge in [0, 0.05) is 5.02 Å². The molecule has 2 saturated carbocycles. The zero-order valence-electron chi connectivity index (χ0n) is 15.7. The Morgan fingerprint density at radius 1 is 0.931 bits per heavy atom. The van der Waals surface area contributed by atoms with Gasteiger partial charge in [-0.1, -0.05) is 23.7 Å². The number of hydrogen-bond acceptors (Lipinski definition) is 4. The van der Waals surface area contributed by atoms with Gasteiger partial charge in [0.1, 0.15) is 5.75 Å². The van der Waals surface area contributed by atoms with Gasteiger partial charge >= 0.3 is 5.97 Å². The van der Waals surface area contributed by atoms with Crippen molar-refractivity contribution < 1.29 is 19.1 Å². The molecule has 3 fully saturated rings. The second-order valence-corrected chi connectivity index (χ2v) is 8.60. The number of imide groups is 1. The van der Waals surface area contributed by atoms with Gasteiger partial charge in [-0.3, -0.25) is 19.3 Å². The van der Waals surface area contributed by atoms with Crippen molar-refractivity contribution in [3.8, 4) is 5.75 Å². The van der Waals surface area contributed by atoms with Crippen LogP contribution in [0.4, 0.5) is 5.69 Å². The Morgan fingerprint density at radius 2 is 1.52 bits per heavy atom. The minimum Gasteiger partial charge on any atom is -0.426 e. The van der Waals surface area contributed by atoms with E-state index >= 15 is 0 Å². The maximum atomic E-state index is 12.9. The number of hydrogen-bond donors (Lipinski definition) is 0. The lowest BCUT2D eigenvalue weighted by Crippen LogP contribution is -2.32. The van der Waals surface area contributed by atoms with Crippen molar-refractivity contribution in [1.82, 2.24) is 0 Å². The minimum absolute atomic E-state index is 0.0697. The Hall–Kier alpha value is -2.66. The van der Waals surface area contributed by atoms with Gasteiger partial charge in [-0.15, -0.1) is 0 Å². The first-order valence-electron chi connectivity index (χ1n) is 9.94. The molecule has 5 rings (SSSR count). The maximum absolute atomic E-state index is 12.9. The van der Waals surface area contributed by atoms with Gasteiger partial charge in [-0.05, 0) is 73.1 Å². The van der Waals surface area contributed by atoms with Gasteiger partial charge in [-0.25, -0.2) is 0 Å². The minimum atomic E-state index is -0.389. The number of carbonyl (C=O) groups excluding carboxylic acids is 3. The number of halogens is 1. The zero-order chi connectivity index (χ0) is 20.1. The predicted octanol–water partition coefficient (Wildman–Crippen LogP) is 4.02. The summed E-state index contributed by atoms with van der Waals surface area (Å²) in [7, 11) is 0. The van der Waals surface area contributed by atoms with Crippen molar-refractivity contribution in [3.05, 3.63) is 59.1 Å². The summed E-state index contributed by atoms with van der Waals surface area (Å²) < 4.78 is 5.38. The number of anilines is 1. The Kier molecular flexibility index (Phi) is 4.43. The molecule has 2 aromatic carbocycles. The maximum Gasteiger partial charge on any atom is 0.315 e. The molecule has 4 unspecified atom stereocenters. The lowest BCUT2D eigenvalue weighted by Gasteiger charge is -2.19. The van der Waals surface area contributed by atoms with Crippen molar-refractivity contribution in [2.75, 3.05) is 4.90 Å². The van der Waals surface area contributed by atoms with Crippen molar-refractivity contribution in [3.63, 3.8) is 0 Å². The van der Waals surface area contributed by atoms with Gasteiger partial charge in [0.25, 0.3) is 0 Å². The van der Waals surface area contributed by atoms with E-state index in [1.807, 2.05) is 0 Å². The van der Waals surface area contributed by atoms with Crippen molar-refractivity contribution in [2.45, 2.75) is 25.7 Å². The lowest BCUT2D eigenvalue weighted by molar-refractivity contribution is -0.133. The highest BCUT2D eigenvalue weighted by Gasteiger charge is 2.61. The third-order valence-electron chi connectivity index (χ3n) is 6.52. The number of fused-ring (bicyclic) bond motifs is 5. The van der Waals surface area contributed by atoms with Crippen LogP contribution in [0.25, 0.3) is 0 Å². The fourth-order valence-corrected chi connectivity index (χ4v) is 5.39. The van der Waals surface area contributed by atoms with E-state index in [9.17, 15) is 14.4 Å². The number of esters is 1. The first-order chi connectivity index (χ1) is 14.0. The molecule has 148 valence electrons. The number of ether oxygens (including phenoxy) is 1. The van der Waals surface area contributed by atoms with E-state index in [1.165, 1.54) is 4.90 Å². The van der Waals surface area contributed by atoms with E-state index < -0.39 is 0 Å². The third-order valence-corrected chi connectivity index (χ3v) is 6.77. The van der Waals surface area contributed by atoms with Gasteiger partial charge in [0.15, 0.2) is 0 Å². The van der Waals surface area contributed by atoms with Gasteiger partial charge in [0.05, 0.1) is 23.9 Å². The van der Waals surface area contributed by atoms with Crippen LogP contribution in [0.5, 0.6) is 5.75 Å². The molecule has 1 saturated heterocycles. The van der Waals surface area contributed by atoms with Gasteiger partial charge in [-0.2, -0.15) is 0 Å². The summed E-state index contributed by atoms with van der Waals surface area (Å²) in [6.07, 6.45) is 3.26. The topological polar surface area (TPSA) is 63.7 Å². The molecule has 5 nitrogen and oxygen atoms in total. The van der Waals surface area contributed by atoms with E-state index in [2.05, 4.69) is 0 Å². The number of nitrogens with zero attached hydrogens (tertiary/aromatic N) is 1. The molecular formula is C23H20ClNO4. The summed E-state index contributed by atoms with van der Waals surface area (Å²) in [5.74, 6) is 0.293. The fraction of sp³-hybridized carbons (Fsp3) is 0.348. The average Bonchev–Trinajstić information content (AvgIpc) is 3.38. The Bertz CT molecular complexity index is 957. The Balaban J connectivity index is 1.27. The molecule has 2 aromatic rings. The van der Waals surface area contributed by atoms with E-state index in [1.54, 1.807) is 48.5 Å². The molecule has 0 aromatic heterocycles. The second kappa shape index (κ2) is 6.99. The average molecular weight is 410 g/mol. The number of carbonyl (C=O) groups is 3. The molecule has 2 bridgehead atoms. The summed E-state index contributed by atoms with van der Waals surface area (Å²) in [6.45, 7) is 0. The van der Waals surface area contributed by atoms with Crippen LogP contribution in [0, 0.1) is 23.7 Å². The summed E-state index contributed by atoms with van der Waals surface area (Å²) in [5, 5.41) is 0.612. The van der Waals surface area contributed by atoms with Crippen LogP contribution in [-0.4, -0.2) is 17.8 Å². The van der Waals surface area contributed by atoms with Crippen LogP contribution in [0.2, 0.25) is 5.02 Å². The van der Waals surface area contributed by atoms with Gasteiger partial charge in [0.2, 0.25) is 11.8 Å². The highest BCUT2D eigenvalue weighted by atomic mass is 35.5. The van der Waals surface area contributed by atoms with Crippen LogP contribution in [0.3, 0.4) is 0 Å². The number of benzene rings is 2. The van der Waals surface area contributed by atoms with E-state index in [0.717, 1.165) is 24.8 Å². The van der Waals surface area contributed by atoms with Crippen LogP contribution >= 0.6 is 11.6 Å². The molecule has 2 amide bonds. The molecule has 2 aliphatic carbocycles. The predicted molar refractivity (Wildman–Crippen MR) is 108 cm³/mol. The lowest BCUT2D eigenvalue weighted by atomic mass is 9.81. The SMILES string of the molecule is O=C(Cc1ccc(Cl)cc1)Oc1ccc(N2C(=O)C3C4CCC(C4)C3C2=O)cc1. The molecule has 1 aliphatic heterocycles. The Labute approximate surface area is 173 Å². The summed E-state index contributed by atoms with van der Waals surface area (Å²) in [4.78, 5) is 39.3. The molecule has 3 aliphatic rings. The molecule has 29 heavy (non-hydrogen) atoms. The number of rotatable bonds is 4. The Morgan fingerprint density at radius 3 is 2.10 bits per heavy atom. The van der Waals surface area contributed by atoms with Gasteiger partial charge < -0.3 is 4.74 Å². The molecule has 6 heteroatoms. The molecule has 1 heterocycles. The molecule has 0 spiro atoms. The van der Waals surface area contributed by atoms with Crippen LogP contribution in [0.1, 0.15) is 24.8 Å². The van der Waals surface area contributed by atoms with Crippen molar-refractivity contribution >= 4 is 35.1 Å². The zero-order valence-corrected chi connectivity index (χ0v) is 16.5. The van der Waals surface area contributed by atoms with Crippen LogP contribution in [-0.2, 0) is 20.8 Å². The van der Waals surface area contributed by atoms with Crippen LogP contribution in [0.15, 0.2) is 48.5 Å². The normalized spacial score (nSPS) is 27.4. The summed E-state index contributed by atoms with van der Waals surface area (Å²) >= 11 is 5.85. The smallest absolute Gasteiger partial charge is 0.315 e. The molecule has 0 radical (unpaired) electrons. The standard InChI is InChI=1S/C23H20ClNO4/c24-16-5-1-13(2-6-16)11-19(26)29-18-9-7-17(8-10-18)25-22(27)20-14-3-4-15(12-14)21(20)23(25)28/h1-2,5-10,14-15,20-21H,3-4,11-12H2. The fourth-order valence-electron chi connectivity index (χ4n) is 5.26. The van der Waals surface area contributed by atoms with E-state index in [-0.39, 0.29) is 36.0 Å². The van der Waals surface area contributed by atoms with Crippen molar-refractivity contribution in [2.24, 2.45) is 23.7 Å². The molecular weight excluding hydrogens is 390 g/mol. The largest absolute Gasteiger partial charge is 0.426 e. The molecule has 4 atom stereocenters. The quantitative estimate of drug-likeness (QED) is 0.434. The highest BCUT2D eigenvalue weighted by Crippen LogP contribution is 2.56. The molecule has 0 N–H and O–H groups in total. The van der Waals surface area contributed by atoms with Crippen LogP contribution < -0.4 is 9.64 Å².